The average Bonchev–Trinajstić information content (AvgIpc) is 2.44. The lowest BCUT2D eigenvalue weighted by Gasteiger charge is -2.26. The smallest absolute Gasteiger partial charge is 0.257 e. The van der Waals surface area contributed by atoms with Gasteiger partial charge in [0.25, 0.3) is 5.91 Å². The number of ether oxygens (including phenoxy) is 2. The van der Waals surface area contributed by atoms with Gasteiger partial charge in [0.2, 0.25) is 0 Å². The molecule has 0 aromatic heterocycles. The van der Waals surface area contributed by atoms with Crippen LogP contribution in [0.5, 0.6) is 11.5 Å². The van der Waals surface area contributed by atoms with Crippen molar-refractivity contribution in [3.63, 3.8) is 0 Å². The third-order valence-electron chi connectivity index (χ3n) is 3.12. The molecule has 1 aliphatic rings. The number of likely N-dealkylation sites (N-methyl/N-ethyl adjacent to an activating group) is 1. The van der Waals surface area contributed by atoms with Gasteiger partial charge >= 0.3 is 0 Å². The van der Waals surface area contributed by atoms with E-state index in [1.807, 2.05) is 6.92 Å². The van der Waals surface area contributed by atoms with Crippen LogP contribution < -0.4 is 15.2 Å². The molecule has 5 nitrogen and oxygen atoms in total. The Balaban J connectivity index is 2.30. The topological polar surface area (TPSA) is 64.8 Å². The van der Waals surface area contributed by atoms with Crippen LogP contribution in [0.2, 0.25) is 0 Å². The van der Waals surface area contributed by atoms with Crippen LogP contribution in [0.1, 0.15) is 17.3 Å². The zero-order valence-electron chi connectivity index (χ0n) is 10.7. The molecule has 1 heterocycles. The number of nitrogens with zero attached hydrogens (tertiary/aromatic N) is 1. The Morgan fingerprint density at radius 3 is 2.89 bits per heavy atom. The SMILES string of the molecule is CC(CN)N(C)C(=O)c1cccc2c1OCCO2. The molecule has 0 fully saturated rings. The highest BCUT2D eigenvalue weighted by Crippen LogP contribution is 2.34. The molecule has 0 bridgehead atoms. The third-order valence-corrected chi connectivity index (χ3v) is 3.12. The minimum atomic E-state index is -0.102. The standard InChI is InChI=1S/C13H18N2O3/c1-9(8-14)15(2)13(16)10-4-3-5-11-12(10)18-7-6-17-11/h3-5,9H,6-8,14H2,1-2H3. The number of carbonyl (C=O) groups excluding carboxylic acids is 1. The van der Waals surface area contributed by atoms with E-state index in [-0.39, 0.29) is 11.9 Å². The van der Waals surface area contributed by atoms with E-state index in [4.69, 9.17) is 15.2 Å². The zero-order chi connectivity index (χ0) is 13.1. The van der Waals surface area contributed by atoms with Gasteiger partial charge in [-0.3, -0.25) is 4.79 Å². The fourth-order valence-electron chi connectivity index (χ4n) is 1.79. The molecule has 1 aromatic carbocycles. The van der Waals surface area contributed by atoms with Gasteiger partial charge in [-0.05, 0) is 19.1 Å². The lowest BCUT2D eigenvalue weighted by atomic mass is 10.1. The molecule has 0 saturated heterocycles. The van der Waals surface area contributed by atoms with Gasteiger partial charge in [0.1, 0.15) is 13.2 Å². The predicted octanol–water partition coefficient (Wildman–Crippen LogP) is 0.877. The molecule has 2 rings (SSSR count). The highest BCUT2D eigenvalue weighted by atomic mass is 16.6. The molecule has 0 spiro atoms. The number of rotatable bonds is 3. The van der Waals surface area contributed by atoms with Gasteiger partial charge < -0.3 is 20.1 Å². The molecule has 1 unspecified atom stereocenters. The lowest BCUT2D eigenvalue weighted by Crippen LogP contribution is -2.40. The Kier molecular flexibility index (Phi) is 3.72. The van der Waals surface area contributed by atoms with Gasteiger partial charge in [0.15, 0.2) is 11.5 Å². The van der Waals surface area contributed by atoms with Crippen molar-refractivity contribution in [3.05, 3.63) is 23.8 Å². The fourth-order valence-corrected chi connectivity index (χ4v) is 1.79. The molecule has 0 saturated carbocycles. The Morgan fingerprint density at radius 2 is 2.17 bits per heavy atom. The van der Waals surface area contributed by atoms with E-state index in [1.54, 1.807) is 30.1 Å². The summed E-state index contributed by atoms with van der Waals surface area (Å²) in [5.74, 6) is 1.06. The van der Waals surface area contributed by atoms with Crippen LogP contribution >= 0.6 is 0 Å². The quantitative estimate of drug-likeness (QED) is 0.864. The number of amides is 1. The molecule has 18 heavy (non-hydrogen) atoms. The van der Waals surface area contributed by atoms with Crippen molar-refractivity contribution < 1.29 is 14.3 Å². The molecule has 2 N–H and O–H groups in total. The Bertz CT molecular complexity index is 448. The number of hydrogen-bond donors (Lipinski definition) is 1. The van der Waals surface area contributed by atoms with Gasteiger partial charge in [-0.2, -0.15) is 0 Å². The molecule has 1 aromatic rings. The van der Waals surface area contributed by atoms with Crippen LogP contribution in [0, 0.1) is 0 Å². The molecule has 1 amide bonds. The molecule has 0 aliphatic carbocycles. The number of fused-ring (bicyclic) bond motifs is 1. The summed E-state index contributed by atoms with van der Waals surface area (Å²) < 4.78 is 11.0. The average molecular weight is 250 g/mol. The second-order valence-corrected chi connectivity index (χ2v) is 4.33. The van der Waals surface area contributed by atoms with Gasteiger partial charge in [-0.25, -0.2) is 0 Å². The second kappa shape index (κ2) is 5.27. The van der Waals surface area contributed by atoms with Crippen molar-refractivity contribution >= 4 is 5.91 Å². The first-order chi connectivity index (χ1) is 8.65. The third kappa shape index (κ3) is 2.26. The molecular weight excluding hydrogens is 232 g/mol. The summed E-state index contributed by atoms with van der Waals surface area (Å²) in [4.78, 5) is 14.0. The largest absolute Gasteiger partial charge is 0.486 e. The lowest BCUT2D eigenvalue weighted by molar-refractivity contribution is 0.0738. The second-order valence-electron chi connectivity index (χ2n) is 4.33. The summed E-state index contributed by atoms with van der Waals surface area (Å²) in [5.41, 5.74) is 6.10. The minimum Gasteiger partial charge on any atom is -0.486 e. The predicted molar refractivity (Wildman–Crippen MR) is 68.0 cm³/mol. The van der Waals surface area contributed by atoms with Gasteiger partial charge in [0.05, 0.1) is 5.56 Å². The van der Waals surface area contributed by atoms with Crippen LogP contribution in [0.15, 0.2) is 18.2 Å². The molecule has 0 radical (unpaired) electrons. The van der Waals surface area contributed by atoms with E-state index in [9.17, 15) is 4.79 Å². The zero-order valence-corrected chi connectivity index (χ0v) is 10.7. The van der Waals surface area contributed by atoms with Crippen molar-refractivity contribution in [1.29, 1.82) is 0 Å². The normalized spacial score (nSPS) is 15.1. The summed E-state index contributed by atoms with van der Waals surface area (Å²) in [6.07, 6.45) is 0. The number of para-hydroxylation sites is 1. The maximum Gasteiger partial charge on any atom is 0.257 e. The van der Waals surface area contributed by atoms with E-state index in [0.717, 1.165) is 0 Å². The molecule has 5 heteroatoms. The Labute approximate surface area is 106 Å². The van der Waals surface area contributed by atoms with Crippen LogP contribution in [0.3, 0.4) is 0 Å². The van der Waals surface area contributed by atoms with Crippen LogP contribution in [0.4, 0.5) is 0 Å². The maximum atomic E-state index is 12.4. The minimum absolute atomic E-state index is 0.0159. The summed E-state index contributed by atoms with van der Waals surface area (Å²) in [6.45, 7) is 3.31. The summed E-state index contributed by atoms with van der Waals surface area (Å²) in [6, 6.07) is 5.33. The Hall–Kier alpha value is -1.75. The fraction of sp³-hybridized carbons (Fsp3) is 0.462. The molecule has 1 atom stereocenters. The van der Waals surface area contributed by atoms with Crippen molar-refractivity contribution in [2.24, 2.45) is 5.73 Å². The first-order valence-electron chi connectivity index (χ1n) is 6.01. The monoisotopic (exact) mass is 250 g/mol. The van der Waals surface area contributed by atoms with Gasteiger partial charge in [-0.1, -0.05) is 6.07 Å². The number of carbonyl (C=O) groups is 1. The number of benzene rings is 1. The van der Waals surface area contributed by atoms with Gasteiger partial charge in [-0.15, -0.1) is 0 Å². The maximum absolute atomic E-state index is 12.4. The van der Waals surface area contributed by atoms with E-state index < -0.39 is 0 Å². The molecule has 98 valence electrons. The number of hydrogen-bond acceptors (Lipinski definition) is 4. The van der Waals surface area contributed by atoms with Gasteiger partial charge in [0, 0.05) is 19.6 Å². The molecular formula is C13H18N2O3. The van der Waals surface area contributed by atoms with Crippen LogP contribution in [-0.4, -0.2) is 43.7 Å². The highest BCUT2D eigenvalue weighted by molar-refractivity contribution is 5.97. The first kappa shape index (κ1) is 12.7. The van der Waals surface area contributed by atoms with Crippen LogP contribution in [0.25, 0.3) is 0 Å². The van der Waals surface area contributed by atoms with Crippen molar-refractivity contribution in [1.82, 2.24) is 4.90 Å². The number of nitrogens with two attached hydrogens (primary N) is 1. The first-order valence-corrected chi connectivity index (χ1v) is 6.01. The summed E-state index contributed by atoms with van der Waals surface area (Å²) in [7, 11) is 1.74. The van der Waals surface area contributed by atoms with Crippen molar-refractivity contribution in [2.75, 3.05) is 26.8 Å². The van der Waals surface area contributed by atoms with E-state index in [1.165, 1.54) is 0 Å². The van der Waals surface area contributed by atoms with Crippen molar-refractivity contribution in [2.45, 2.75) is 13.0 Å². The van der Waals surface area contributed by atoms with E-state index in [0.29, 0.717) is 36.8 Å². The highest BCUT2D eigenvalue weighted by Gasteiger charge is 2.24. The Morgan fingerprint density at radius 1 is 1.44 bits per heavy atom. The summed E-state index contributed by atoms with van der Waals surface area (Å²) >= 11 is 0. The molecule has 1 aliphatic heterocycles. The van der Waals surface area contributed by atoms with Crippen molar-refractivity contribution in [3.8, 4) is 11.5 Å². The van der Waals surface area contributed by atoms with Crippen LogP contribution in [-0.2, 0) is 0 Å². The van der Waals surface area contributed by atoms with E-state index >= 15 is 0 Å². The van der Waals surface area contributed by atoms with E-state index in [2.05, 4.69) is 0 Å². The summed E-state index contributed by atoms with van der Waals surface area (Å²) in [5, 5.41) is 0.